The van der Waals surface area contributed by atoms with Crippen molar-refractivity contribution in [3.63, 3.8) is 0 Å². The van der Waals surface area contributed by atoms with Crippen LogP contribution in [-0.4, -0.2) is 35.1 Å². The molecule has 0 unspecified atom stereocenters. The van der Waals surface area contributed by atoms with E-state index in [1.165, 1.54) is 77.0 Å². The van der Waals surface area contributed by atoms with E-state index < -0.39 is 0 Å². The lowest BCUT2D eigenvalue weighted by Crippen LogP contribution is -1.99. The molecule has 4 aromatic carbocycles. The Balaban J connectivity index is 1.65. The molecule has 264 valence electrons. The third-order valence-electron chi connectivity index (χ3n) is 9.43. The van der Waals surface area contributed by atoms with Gasteiger partial charge in [-0.3, -0.25) is 0 Å². The van der Waals surface area contributed by atoms with Gasteiger partial charge in [-0.2, -0.15) is 0 Å². The van der Waals surface area contributed by atoms with E-state index in [2.05, 4.69) is 20.8 Å². The molecule has 0 saturated carbocycles. The summed E-state index contributed by atoms with van der Waals surface area (Å²) in [6, 6.07) is 10.9. The Kier molecular flexibility index (Phi) is 15.6. The number of hydrogen-bond donors (Lipinski definition) is 3. The smallest absolute Gasteiger partial charge is 0.161 e. The third kappa shape index (κ3) is 10.5. The van der Waals surface area contributed by atoms with Crippen molar-refractivity contribution in [1.82, 2.24) is 0 Å². The molecule has 4 aromatic rings. The number of hydrogen-bond acceptors (Lipinski definition) is 6. The van der Waals surface area contributed by atoms with E-state index in [0.29, 0.717) is 37.1 Å². The highest BCUT2D eigenvalue weighted by Crippen LogP contribution is 2.46. The second kappa shape index (κ2) is 20.1. The van der Waals surface area contributed by atoms with Crippen molar-refractivity contribution in [3.05, 3.63) is 36.4 Å². The SMILES string of the molecule is CCCCCCCCOc1cc2c(cc1O)c1cc(OCCCCCCCC)c(O)cc1c1cc(OCCCCCCCC)c(O)cc21. The maximum absolute atomic E-state index is 11.1. The van der Waals surface area contributed by atoms with Crippen molar-refractivity contribution in [3.8, 4) is 34.5 Å². The van der Waals surface area contributed by atoms with Crippen LogP contribution in [0.2, 0.25) is 0 Å². The fourth-order valence-electron chi connectivity index (χ4n) is 6.58. The van der Waals surface area contributed by atoms with E-state index in [9.17, 15) is 15.3 Å². The molecule has 0 fully saturated rings. The average molecular weight is 661 g/mol. The van der Waals surface area contributed by atoms with Crippen LogP contribution in [0.3, 0.4) is 0 Å². The Morgan fingerprint density at radius 3 is 0.833 bits per heavy atom. The molecule has 6 nitrogen and oxygen atoms in total. The highest BCUT2D eigenvalue weighted by molar-refractivity contribution is 6.26. The summed E-state index contributed by atoms with van der Waals surface area (Å²) in [6.45, 7) is 8.24. The van der Waals surface area contributed by atoms with Gasteiger partial charge in [0.25, 0.3) is 0 Å². The number of ether oxygens (including phenoxy) is 3. The minimum atomic E-state index is 0.0693. The fraction of sp³-hybridized carbons (Fsp3) is 0.571. The number of unbranched alkanes of at least 4 members (excludes halogenated alkanes) is 15. The second-order valence-electron chi connectivity index (χ2n) is 13.4. The van der Waals surface area contributed by atoms with Gasteiger partial charge in [-0.1, -0.05) is 117 Å². The molecule has 0 saturated heterocycles. The topological polar surface area (TPSA) is 88.4 Å². The van der Waals surface area contributed by atoms with Crippen LogP contribution in [0, 0.1) is 0 Å². The van der Waals surface area contributed by atoms with Crippen molar-refractivity contribution in [2.24, 2.45) is 0 Å². The number of rotatable bonds is 24. The highest BCUT2D eigenvalue weighted by Gasteiger charge is 2.18. The van der Waals surface area contributed by atoms with Crippen LogP contribution in [0.4, 0.5) is 0 Å². The summed E-state index contributed by atoms with van der Waals surface area (Å²) in [7, 11) is 0. The highest BCUT2D eigenvalue weighted by atomic mass is 16.5. The Morgan fingerprint density at radius 2 is 0.562 bits per heavy atom. The van der Waals surface area contributed by atoms with Crippen molar-refractivity contribution >= 4 is 32.3 Å². The first kappa shape index (κ1) is 37.3. The molecule has 0 radical (unpaired) electrons. The number of fused-ring (bicyclic) bond motifs is 6. The molecule has 0 heterocycles. The van der Waals surface area contributed by atoms with Gasteiger partial charge in [-0.15, -0.1) is 0 Å². The van der Waals surface area contributed by atoms with Crippen molar-refractivity contribution in [2.75, 3.05) is 19.8 Å². The van der Waals surface area contributed by atoms with Crippen LogP contribution in [0.5, 0.6) is 34.5 Å². The summed E-state index contributed by atoms with van der Waals surface area (Å²) in [6.07, 6.45) is 20.8. The van der Waals surface area contributed by atoms with Crippen molar-refractivity contribution in [1.29, 1.82) is 0 Å². The van der Waals surface area contributed by atoms with Gasteiger partial charge in [0.1, 0.15) is 0 Å². The first-order chi connectivity index (χ1) is 23.5. The van der Waals surface area contributed by atoms with Gasteiger partial charge in [0, 0.05) is 0 Å². The van der Waals surface area contributed by atoms with E-state index in [1.54, 1.807) is 18.2 Å². The summed E-state index contributed by atoms with van der Waals surface area (Å²) < 4.78 is 18.3. The average Bonchev–Trinajstić information content (AvgIpc) is 3.08. The monoisotopic (exact) mass is 660 g/mol. The summed E-state index contributed by atoms with van der Waals surface area (Å²) >= 11 is 0. The standard InChI is InChI=1S/C42H60O6/c1-4-7-10-13-16-19-22-46-40-28-34-31(25-37(40)43)35-29-41(47-23-20-17-14-11-8-5-2)39(45)27-33(35)36-30-42(38(44)26-32(34)36)48-24-21-18-15-12-9-6-3/h25-30,43-45H,4-24H2,1-3H3. The maximum Gasteiger partial charge on any atom is 0.161 e. The molecular weight excluding hydrogens is 600 g/mol. The molecular formula is C42H60O6. The zero-order chi connectivity index (χ0) is 34.1. The van der Waals surface area contributed by atoms with Crippen LogP contribution in [0.15, 0.2) is 36.4 Å². The Bertz CT molecular complexity index is 1350. The Labute approximate surface area is 288 Å². The van der Waals surface area contributed by atoms with E-state index in [1.807, 2.05) is 18.2 Å². The van der Waals surface area contributed by atoms with Crippen molar-refractivity contribution < 1.29 is 29.5 Å². The molecule has 0 aromatic heterocycles. The minimum absolute atomic E-state index is 0.0693. The van der Waals surface area contributed by atoms with Crippen LogP contribution in [0.1, 0.15) is 136 Å². The molecule has 3 N–H and O–H groups in total. The molecule has 0 amide bonds. The summed E-state index contributed by atoms with van der Waals surface area (Å²) in [5.41, 5.74) is 0. The number of phenols is 3. The third-order valence-corrected chi connectivity index (χ3v) is 9.43. The molecule has 0 bridgehead atoms. The van der Waals surface area contributed by atoms with E-state index in [-0.39, 0.29) is 17.2 Å². The minimum Gasteiger partial charge on any atom is -0.504 e. The quantitative estimate of drug-likeness (QED) is 0.0512. The zero-order valence-electron chi connectivity index (χ0n) is 29.9. The lowest BCUT2D eigenvalue weighted by atomic mass is 9.93. The molecule has 4 rings (SSSR count). The van der Waals surface area contributed by atoms with Crippen LogP contribution in [0.25, 0.3) is 32.3 Å². The lowest BCUT2D eigenvalue weighted by molar-refractivity contribution is 0.289. The van der Waals surface area contributed by atoms with Crippen LogP contribution >= 0.6 is 0 Å². The normalized spacial score (nSPS) is 11.6. The Morgan fingerprint density at radius 1 is 0.333 bits per heavy atom. The van der Waals surface area contributed by atoms with E-state index in [0.717, 1.165) is 70.8 Å². The van der Waals surface area contributed by atoms with Crippen LogP contribution < -0.4 is 14.2 Å². The van der Waals surface area contributed by atoms with Gasteiger partial charge in [-0.25, -0.2) is 0 Å². The number of benzene rings is 4. The lowest BCUT2D eigenvalue weighted by Gasteiger charge is -2.17. The van der Waals surface area contributed by atoms with Crippen molar-refractivity contribution in [2.45, 2.75) is 136 Å². The summed E-state index contributed by atoms with van der Waals surface area (Å²) in [5.74, 6) is 1.49. The Hall–Kier alpha value is -3.54. The first-order valence-corrected chi connectivity index (χ1v) is 19.0. The first-order valence-electron chi connectivity index (χ1n) is 19.0. The van der Waals surface area contributed by atoms with Gasteiger partial charge >= 0.3 is 0 Å². The van der Waals surface area contributed by atoms with Crippen LogP contribution in [-0.2, 0) is 0 Å². The largest absolute Gasteiger partial charge is 0.504 e. The van der Waals surface area contributed by atoms with Gasteiger partial charge < -0.3 is 29.5 Å². The maximum atomic E-state index is 11.1. The molecule has 0 aliphatic carbocycles. The molecule has 0 spiro atoms. The van der Waals surface area contributed by atoms with Gasteiger partial charge in [0.2, 0.25) is 0 Å². The second-order valence-corrected chi connectivity index (χ2v) is 13.4. The molecule has 0 atom stereocenters. The molecule has 48 heavy (non-hydrogen) atoms. The predicted molar refractivity (Wildman–Crippen MR) is 201 cm³/mol. The molecule has 0 aliphatic rings. The van der Waals surface area contributed by atoms with Gasteiger partial charge in [0.15, 0.2) is 34.5 Å². The number of aromatic hydroxyl groups is 3. The van der Waals surface area contributed by atoms with Gasteiger partial charge in [-0.05, 0) is 88.0 Å². The summed E-state index contributed by atoms with van der Waals surface area (Å²) in [4.78, 5) is 0. The van der Waals surface area contributed by atoms with E-state index in [4.69, 9.17) is 14.2 Å². The zero-order valence-corrected chi connectivity index (χ0v) is 29.9. The predicted octanol–water partition coefficient (Wildman–Crippen LogP) is 12.5. The molecule has 6 heteroatoms. The summed E-state index contributed by atoms with van der Waals surface area (Å²) in [5, 5.41) is 38.3. The molecule has 0 aliphatic heterocycles. The van der Waals surface area contributed by atoms with Gasteiger partial charge in [0.05, 0.1) is 19.8 Å². The van der Waals surface area contributed by atoms with E-state index >= 15 is 0 Å². The fourth-order valence-corrected chi connectivity index (χ4v) is 6.58. The number of phenolic OH excluding ortho intramolecular Hbond substituents is 3.